The van der Waals surface area contributed by atoms with Crippen LogP contribution in [0.15, 0.2) is 41.4 Å². The number of hydrogen-bond donors (Lipinski definition) is 3. The molecule has 142 valence electrons. The van der Waals surface area contributed by atoms with Crippen molar-refractivity contribution in [2.75, 3.05) is 11.6 Å². The first-order valence-electron chi connectivity index (χ1n) is 8.10. The number of nitrogens with zero attached hydrogens (tertiary/aromatic N) is 2. The number of aromatic amines is 1. The second kappa shape index (κ2) is 7.28. The van der Waals surface area contributed by atoms with E-state index < -0.39 is 21.6 Å². The van der Waals surface area contributed by atoms with Crippen LogP contribution in [0, 0.1) is 24.4 Å². The van der Waals surface area contributed by atoms with Gasteiger partial charge >= 0.3 is 0 Å². The number of benzene rings is 1. The Morgan fingerprint density at radius 2 is 2.00 bits per heavy atom. The Morgan fingerprint density at radius 3 is 2.59 bits per heavy atom. The molecule has 2 aromatic heterocycles. The maximum absolute atomic E-state index is 13.5. The van der Waals surface area contributed by atoms with Crippen LogP contribution in [0.2, 0.25) is 5.02 Å². The van der Waals surface area contributed by atoms with E-state index in [0.717, 1.165) is 5.56 Å². The predicted octanol–water partition coefficient (Wildman–Crippen LogP) is 4.45. The van der Waals surface area contributed by atoms with E-state index in [0.29, 0.717) is 22.4 Å². The van der Waals surface area contributed by atoms with Gasteiger partial charge in [0.15, 0.2) is 5.03 Å². The van der Waals surface area contributed by atoms with Crippen molar-refractivity contribution in [3.05, 3.63) is 70.0 Å². The molecule has 0 aliphatic heterocycles. The summed E-state index contributed by atoms with van der Waals surface area (Å²) < 4.78 is 33.5. The molecule has 2 atom stereocenters. The van der Waals surface area contributed by atoms with Crippen LogP contribution in [0.5, 0.6) is 0 Å². The zero-order valence-electron chi connectivity index (χ0n) is 15.0. The zero-order chi connectivity index (χ0) is 19.8. The van der Waals surface area contributed by atoms with Crippen LogP contribution in [0.1, 0.15) is 28.8 Å². The molecule has 3 rings (SSSR count). The number of anilines is 1. The highest BCUT2D eigenvalue weighted by Gasteiger charge is 2.22. The normalized spacial score (nSPS) is 14.6. The van der Waals surface area contributed by atoms with Gasteiger partial charge < -0.3 is 10.3 Å². The van der Waals surface area contributed by atoms with Crippen molar-refractivity contribution >= 4 is 27.1 Å². The minimum absolute atomic E-state index is 0.203. The number of nitrogens with one attached hydrogen (secondary N) is 3. The van der Waals surface area contributed by atoms with E-state index in [1.165, 1.54) is 18.4 Å². The van der Waals surface area contributed by atoms with E-state index in [4.69, 9.17) is 16.4 Å². The smallest absolute Gasteiger partial charge is 0.156 e. The molecule has 0 aliphatic carbocycles. The third-order valence-electron chi connectivity index (χ3n) is 4.00. The summed E-state index contributed by atoms with van der Waals surface area (Å²) in [4.78, 5) is 11.7. The van der Waals surface area contributed by atoms with Gasteiger partial charge in [0.05, 0.1) is 15.4 Å². The van der Waals surface area contributed by atoms with E-state index in [-0.39, 0.29) is 10.7 Å². The summed E-state index contributed by atoms with van der Waals surface area (Å²) in [6.45, 7) is 3.30. The minimum Gasteiger partial charge on any atom is -0.356 e. The lowest BCUT2D eigenvalue weighted by Crippen LogP contribution is -2.15. The lowest BCUT2D eigenvalue weighted by Gasteiger charge is -2.18. The highest BCUT2D eigenvalue weighted by Crippen LogP contribution is 2.28. The van der Waals surface area contributed by atoms with Crippen molar-refractivity contribution in [3.8, 4) is 0 Å². The topological polar surface area (TPSA) is 94.5 Å². The monoisotopic (exact) mass is 407 g/mol. The summed E-state index contributed by atoms with van der Waals surface area (Å²) in [7, 11) is -2.98. The quantitative estimate of drug-likeness (QED) is 0.582. The summed E-state index contributed by atoms with van der Waals surface area (Å²) in [5.41, 5.74) is 1.62. The number of halogens is 2. The molecule has 0 aliphatic rings. The number of rotatable bonds is 5. The molecule has 0 radical (unpaired) electrons. The molecule has 9 heteroatoms. The Bertz CT molecular complexity index is 1100. The van der Waals surface area contributed by atoms with Crippen molar-refractivity contribution in [2.24, 2.45) is 0 Å². The lowest BCUT2D eigenvalue weighted by atomic mass is 10.1. The molecule has 2 heterocycles. The van der Waals surface area contributed by atoms with Crippen molar-refractivity contribution < 1.29 is 8.60 Å². The Labute approximate surface area is 162 Å². The lowest BCUT2D eigenvalue weighted by molar-refractivity contribution is 0.610. The molecule has 0 spiro atoms. The van der Waals surface area contributed by atoms with E-state index in [1.54, 1.807) is 32.0 Å². The van der Waals surface area contributed by atoms with Gasteiger partial charge in [0, 0.05) is 17.0 Å². The standard InChI is InChI=1S/C18H19ClFN5OS/c1-10-14(20)7-8-15(22-10)24-16(12-5-4-6-13(19)9-12)17-23-11(2)18(25-17)27(3,21)26/h4-9,16,21H,1-3H3,(H,22,24)(H,23,25)/t16?,27-/m1/s1. The van der Waals surface area contributed by atoms with Crippen molar-refractivity contribution in [2.45, 2.75) is 24.9 Å². The molecule has 1 aromatic carbocycles. The molecular formula is C18H19ClFN5OS. The molecule has 0 saturated carbocycles. The Hall–Kier alpha value is -2.45. The maximum Gasteiger partial charge on any atom is 0.156 e. The molecule has 0 amide bonds. The molecule has 3 aromatic rings. The van der Waals surface area contributed by atoms with E-state index in [9.17, 15) is 8.60 Å². The van der Waals surface area contributed by atoms with E-state index in [1.807, 2.05) is 6.07 Å². The van der Waals surface area contributed by atoms with Crippen LogP contribution < -0.4 is 5.32 Å². The molecule has 6 nitrogen and oxygen atoms in total. The highest BCUT2D eigenvalue weighted by atomic mass is 35.5. The molecular weight excluding hydrogens is 389 g/mol. The van der Waals surface area contributed by atoms with Crippen molar-refractivity contribution in [3.63, 3.8) is 0 Å². The Kier molecular flexibility index (Phi) is 5.21. The SMILES string of the molecule is Cc1nc(NC(c2cccc(Cl)c2)c2nc([S@](C)(=N)=O)c(C)[nH]2)ccc1F. The summed E-state index contributed by atoms with van der Waals surface area (Å²) >= 11 is 6.13. The number of aromatic nitrogens is 3. The fourth-order valence-electron chi connectivity index (χ4n) is 2.75. The van der Waals surface area contributed by atoms with Gasteiger partial charge in [-0.05, 0) is 43.7 Å². The van der Waals surface area contributed by atoms with Gasteiger partial charge in [0.1, 0.15) is 23.5 Å². The minimum atomic E-state index is -2.98. The summed E-state index contributed by atoms with van der Waals surface area (Å²) in [5, 5.41) is 3.97. The van der Waals surface area contributed by atoms with E-state index >= 15 is 0 Å². The first-order chi connectivity index (χ1) is 12.6. The molecule has 3 N–H and O–H groups in total. The van der Waals surface area contributed by atoms with Gasteiger partial charge in [-0.15, -0.1) is 0 Å². The second-order valence-corrected chi connectivity index (χ2v) is 8.80. The fraction of sp³-hybridized carbons (Fsp3) is 0.222. The Balaban J connectivity index is 2.09. The molecule has 0 saturated heterocycles. The third kappa shape index (κ3) is 4.28. The van der Waals surface area contributed by atoms with Gasteiger partial charge in [-0.25, -0.2) is 23.3 Å². The number of imidazole rings is 1. The largest absolute Gasteiger partial charge is 0.356 e. The number of pyridine rings is 1. The van der Waals surface area contributed by atoms with Crippen molar-refractivity contribution in [1.82, 2.24) is 15.0 Å². The predicted molar refractivity (Wildman–Crippen MR) is 104 cm³/mol. The van der Waals surface area contributed by atoms with Crippen LogP contribution in [-0.2, 0) is 9.73 Å². The van der Waals surface area contributed by atoms with Crippen LogP contribution in [0.3, 0.4) is 0 Å². The van der Waals surface area contributed by atoms with Gasteiger partial charge in [-0.3, -0.25) is 0 Å². The summed E-state index contributed by atoms with van der Waals surface area (Å²) in [5.74, 6) is 0.531. The first-order valence-corrected chi connectivity index (χ1v) is 10.4. The van der Waals surface area contributed by atoms with Gasteiger partial charge in [0.25, 0.3) is 0 Å². The highest BCUT2D eigenvalue weighted by molar-refractivity contribution is 7.91. The van der Waals surface area contributed by atoms with Gasteiger partial charge in [-0.2, -0.15) is 0 Å². The molecule has 27 heavy (non-hydrogen) atoms. The van der Waals surface area contributed by atoms with Crippen LogP contribution >= 0.6 is 11.6 Å². The molecule has 1 unspecified atom stereocenters. The molecule has 0 fully saturated rings. The number of H-pyrrole nitrogens is 1. The van der Waals surface area contributed by atoms with Gasteiger partial charge in [0.2, 0.25) is 0 Å². The van der Waals surface area contributed by atoms with Crippen molar-refractivity contribution in [1.29, 1.82) is 4.78 Å². The van der Waals surface area contributed by atoms with Crippen LogP contribution in [0.25, 0.3) is 0 Å². The number of hydrogen-bond acceptors (Lipinski definition) is 5. The average Bonchev–Trinajstić information content (AvgIpc) is 2.97. The molecule has 0 bridgehead atoms. The van der Waals surface area contributed by atoms with Gasteiger partial charge in [-0.1, -0.05) is 23.7 Å². The first kappa shape index (κ1) is 19.3. The average molecular weight is 408 g/mol. The third-order valence-corrected chi connectivity index (χ3v) is 5.37. The maximum atomic E-state index is 13.5. The fourth-order valence-corrected chi connectivity index (χ4v) is 3.86. The second-order valence-electron chi connectivity index (χ2n) is 6.29. The zero-order valence-corrected chi connectivity index (χ0v) is 16.6. The number of aryl methyl sites for hydroxylation is 2. The van der Waals surface area contributed by atoms with E-state index in [2.05, 4.69) is 20.3 Å². The Morgan fingerprint density at radius 1 is 1.26 bits per heavy atom. The van der Waals surface area contributed by atoms with Crippen LogP contribution in [-0.4, -0.2) is 25.4 Å². The summed E-state index contributed by atoms with van der Waals surface area (Å²) in [6.07, 6.45) is 1.33. The summed E-state index contributed by atoms with van der Waals surface area (Å²) in [6, 6.07) is 9.56. The van der Waals surface area contributed by atoms with Crippen LogP contribution in [0.4, 0.5) is 10.2 Å².